The Labute approximate surface area is 179 Å². The zero-order valence-electron chi connectivity index (χ0n) is 17.2. The molecule has 31 heavy (non-hydrogen) atoms. The van der Waals surface area contributed by atoms with Crippen LogP contribution >= 0.6 is 0 Å². The van der Waals surface area contributed by atoms with Crippen molar-refractivity contribution < 1.29 is 23.4 Å². The molecule has 9 heteroatoms. The fourth-order valence-corrected chi connectivity index (χ4v) is 3.19. The van der Waals surface area contributed by atoms with Crippen LogP contribution in [0.2, 0.25) is 0 Å². The van der Waals surface area contributed by atoms with Crippen molar-refractivity contribution >= 4 is 18.1 Å². The van der Waals surface area contributed by atoms with E-state index < -0.39 is 5.82 Å². The standard InChI is InChI=1S/C22H23FN4O4/c1-3-30-17-5-4-6-18(31-12-29-2)19(17)15-8-7-13(11-28)20(23)16(15)9-14-10-26-22(25)27-21(14)24/h4-8,10-11H,3,9,12H2,1-2H3,(H4,24,25,26,27). The highest BCUT2D eigenvalue weighted by atomic mass is 19.1. The van der Waals surface area contributed by atoms with Crippen LogP contribution < -0.4 is 20.9 Å². The average Bonchev–Trinajstić information content (AvgIpc) is 2.76. The molecule has 4 N–H and O–H groups in total. The summed E-state index contributed by atoms with van der Waals surface area (Å²) in [5, 5.41) is 0. The Hall–Kier alpha value is -3.72. The van der Waals surface area contributed by atoms with E-state index in [2.05, 4.69) is 9.97 Å². The number of carbonyl (C=O) groups excluding carboxylic acids is 1. The molecule has 3 aromatic rings. The topological polar surface area (TPSA) is 123 Å². The largest absolute Gasteiger partial charge is 0.493 e. The van der Waals surface area contributed by atoms with Gasteiger partial charge >= 0.3 is 0 Å². The minimum atomic E-state index is -0.673. The highest BCUT2D eigenvalue weighted by molar-refractivity contribution is 5.84. The lowest BCUT2D eigenvalue weighted by molar-refractivity contribution is 0.0514. The first-order valence-electron chi connectivity index (χ1n) is 9.51. The highest BCUT2D eigenvalue weighted by Gasteiger charge is 2.22. The first-order chi connectivity index (χ1) is 15.0. The van der Waals surface area contributed by atoms with Crippen LogP contribution in [0.3, 0.4) is 0 Å². The minimum absolute atomic E-state index is 0.00837. The van der Waals surface area contributed by atoms with Gasteiger partial charge in [0.05, 0.1) is 17.7 Å². The molecule has 0 aliphatic heterocycles. The molecule has 0 aliphatic rings. The third-order valence-electron chi connectivity index (χ3n) is 4.57. The molecule has 162 valence electrons. The number of methoxy groups -OCH3 is 1. The van der Waals surface area contributed by atoms with E-state index in [4.69, 9.17) is 25.7 Å². The smallest absolute Gasteiger partial charge is 0.221 e. The van der Waals surface area contributed by atoms with Crippen LogP contribution in [0, 0.1) is 5.82 Å². The normalized spacial score (nSPS) is 10.7. The molecule has 0 radical (unpaired) electrons. The number of hydrogen-bond acceptors (Lipinski definition) is 8. The molecule has 0 aliphatic carbocycles. The predicted octanol–water partition coefficient (Wildman–Crippen LogP) is 3.23. The number of carbonyl (C=O) groups is 1. The third kappa shape index (κ3) is 4.72. The van der Waals surface area contributed by atoms with Crippen LogP contribution in [0.25, 0.3) is 11.1 Å². The SMILES string of the molecule is CCOc1cccc(OCOC)c1-c1ccc(C=O)c(F)c1Cc1cnc(N)nc1N. The molecule has 0 saturated carbocycles. The second-order valence-corrected chi connectivity index (χ2v) is 6.54. The summed E-state index contributed by atoms with van der Waals surface area (Å²) in [6.45, 7) is 2.23. The molecular weight excluding hydrogens is 403 g/mol. The lowest BCUT2D eigenvalue weighted by Gasteiger charge is -2.19. The molecule has 1 aromatic heterocycles. The molecule has 0 unspecified atom stereocenters. The fraction of sp³-hybridized carbons (Fsp3) is 0.227. The Morgan fingerprint density at radius 1 is 1.13 bits per heavy atom. The first-order valence-corrected chi connectivity index (χ1v) is 9.51. The number of aromatic nitrogens is 2. The summed E-state index contributed by atoms with van der Waals surface area (Å²) < 4.78 is 31.9. The van der Waals surface area contributed by atoms with E-state index in [1.165, 1.54) is 19.4 Å². The van der Waals surface area contributed by atoms with Gasteiger partial charge in [0.15, 0.2) is 13.1 Å². The van der Waals surface area contributed by atoms with Gasteiger partial charge < -0.3 is 25.7 Å². The van der Waals surface area contributed by atoms with Crippen molar-refractivity contribution in [3.05, 3.63) is 59.0 Å². The van der Waals surface area contributed by atoms with Gasteiger partial charge in [-0.05, 0) is 30.7 Å². The number of benzene rings is 2. The Morgan fingerprint density at radius 2 is 1.87 bits per heavy atom. The zero-order valence-corrected chi connectivity index (χ0v) is 17.2. The number of halogens is 1. The van der Waals surface area contributed by atoms with Gasteiger partial charge in [0.25, 0.3) is 0 Å². The Bertz CT molecular complexity index is 1090. The van der Waals surface area contributed by atoms with Gasteiger partial charge in [0.2, 0.25) is 5.95 Å². The van der Waals surface area contributed by atoms with Crippen LogP contribution in [0.1, 0.15) is 28.4 Å². The first kappa shape index (κ1) is 22.0. The molecule has 0 bridgehead atoms. The van der Waals surface area contributed by atoms with E-state index in [0.29, 0.717) is 41.1 Å². The maximum Gasteiger partial charge on any atom is 0.221 e. The highest BCUT2D eigenvalue weighted by Crippen LogP contribution is 2.42. The third-order valence-corrected chi connectivity index (χ3v) is 4.57. The number of nitrogen functional groups attached to an aromatic ring is 2. The summed E-state index contributed by atoms with van der Waals surface area (Å²) in [5.74, 6) is 0.405. The average molecular weight is 426 g/mol. The number of rotatable bonds is 9. The van der Waals surface area contributed by atoms with Crippen molar-refractivity contribution in [2.75, 3.05) is 32.0 Å². The van der Waals surface area contributed by atoms with Crippen LogP contribution in [-0.2, 0) is 11.2 Å². The van der Waals surface area contributed by atoms with E-state index in [0.717, 1.165) is 0 Å². The van der Waals surface area contributed by atoms with Crippen molar-refractivity contribution in [3.63, 3.8) is 0 Å². The lowest BCUT2D eigenvalue weighted by Crippen LogP contribution is -2.08. The molecule has 1 heterocycles. The number of nitrogens with zero attached hydrogens (tertiary/aromatic N) is 2. The summed E-state index contributed by atoms with van der Waals surface area (Å²) in [7, 11) is 1.50. The quantitative estimate of drug-likeness (QED) is 0.395. The monoisotopic (exact) mass is 426 g/mol. The minimum Gasteiger partial charge on any atom is -0.493 e. The lowest BCUT2D eigenvalue weighted by atomic mass is 9.92. The fourth-order valence-electron chi connectivity index (χ4n) is 3.19. The van der Waals surface area contributed by atoms with Gasteiger partial charge in [-0.25, -0.2) is 9.37 Å². The van der Waals surface area contributed by atoms with Crippen molar-refractivity contribution in [1.29, 1.82) is 0 Å². The van der Waals surface area contributed by atoms with Crippen LogP contribution in [0.15, 0.2) is 36.5 Å². The molecule has 8 nitrogen and oxygen atoms in total. The summed E-state index contributed by atoms with van der Waals surface area (Å²) in [6.07, 6.45) is 1.92. The van der Waals surface area contributed by atoms with E-state index >= 15 is 4.39 Å². The van der Waals surface area contributed by atoms with Crippen LogP contribution in [-0.4, -0.2) is 36.8 Å². The number of anilines is 2. The number of hydrogen-bond donors (Lipinski definition) is 2. The molecule has 0 saturated heterocycles. The van der Waals surface area contributed by atoms with Gasteiger partial charge in [-0.1, -0.05) is 12.1 Å². The molecule has 3 rings (SSSR count). The van der Waals surface area contributed by atoms with Gasteiger partial charge in [0, 0.05) is 30.9 Å². The molecule has 0 fully saturated rings. The van der Waals surface area contributed by atoms with Gasteiger partial charge in [-0.2, -0.15) is 4.98 Å². The van der Waals surface area contributed by atoms with E-state index in [9.17, 15) is 4.79 Å². The summed E-state index contributed by atoms with van der Waals surface area (Å²) in [4.78, 5) is 19.3. The molecule has 0 spiro atoms. The Morgan fingerprint density at radius 3 is 2.52 bits per heavy atom. The van der Waals surface area contributed by atoms with E-state index in [1.807, 2.05) is 6.92 Å². The van der Waals surface area contributed by atoms with E-state index in [1.54, 1.807) is 24.3 Å². The van der Waals surface area contributed by atoms with Gasteiger partial charge in [-0.15, -0.1) is 0 Å². The predicted molar refractivity (Wildman–Crippen MR) is 115 cm³/mol. The van der Waals surface area contributed by atoms with Crippen LogP contribution in [0.4, 0.5) is 16.2 Å². The second kappa shape index (κ2) is 9.86. The Balaban J connectivity index is 2.24. The molecule has 2 aromatic carbocycles. The number of ether oxygens (including phenoxy) is 3. The van der Waals surface area contributed by atoms with Crippen LogP contribution in [0.5, 0.6) is 11.5 Å². The number of nitrogens with two attached hydrogens (primary N) is 2. The van der Waals surface area contributed by atoms with Crippen molar-refractivity contribution in [1.82, 2.24) is 9.97 Å². The van der Waals surface area contributed by atoms with Crippen molar-refractivity contribution in [2.45, 2.75) is 13.3 Å². The number of aldehydes is 1. The van der Waals surface area contributed by atoms with Crippen molar-refractivity contribution in [3.8, 4) is 22.6 Å². The summed E-state index contributed by atoms with van der Waals surface area (Å²) in [6, 6.07) is 8.31. The Kier molecular flexibility index (Phi) is 6.99. The molecule has 0 atom stereocenters. The van der Waals surface area contributed by atoms with Gasteiger partial charge in [-0.3, -0.25) is 4.79 Å². The summed E-state index contributed by atoms with van der Waals surface area (Å²) in [5.41, 5.74) is 13.1. The maximum absolute atomic E-state index is 15.4. The molecular formula is C22H23FN4O4. The molecule has 0 amide bonds. The zero-order chi connectivity index (χ0) is 22.4. The maximum atomic E-state index is 15.4. The van der Waals surface area contributed by atoms with Crippen molar-refractivity contribution in [2.24, 2.45) is 0 Å². The summed E-state index contributed by atoms with van der Waals surface area (Å²) >= 11 is 0. The van der Waals surface area contributed by atoms with Gasteiger partial charge in [0.1, 0.15) is 23.1 Å². The second-order valence-electron chi connectivity index (χ2n) is 6.54. The van der Waals surface area contributed by atoms with E-state index in [-0.39, 0.29) is 36.1 Å².